The topological polar surface area (TPSA) is 89.1 Å². The predicted molar refractivity (Wildman–Crippen MR) is 98.1 cm³/mol. The molecule has 1 N–H and O–H groups in total. The fourth-order valence-corrected chi connectivity index (χ4v) is 2.71. The third-order valence-corrected chi connectivity index (χ3v) is 4.10. The molecule has 0 saturated heterocycles. The molecular weight excluding hydrogens is 332 g/mol. The van der Waals surface area contributed by atoms with Gasteiger partial charge in [0, 0.05) is 24.3 Å². The third-order valence-electron chi connectivity index (χ3n) is 4.10. The minimum Gasteiger partial charge on any atom is -0.497 e. The smallest absolute Gasteiger partial charge is 0.296 e. The number of unbranched alkanes of at least 4 members (excludes halogenated alkanes) is 1. The molecule has 3 rings (SSSR count). The summed E-state index contributed by atoms with van der Waals surface area (Å²) in [5.41, 5.74) is 1.41. The summed E-state index contributed by atoms with van der Waals surface area (Å²) in [7, 11) is 1.57. The van der Waals surface area contributed by atoms with Crippen LogP contribution in [0.3, 0.4) is 0 Å². The minimum absolute atomic E-state index is 0.00978. The lowest BCUT2D eigenvalue weighted by molar-refractivity contribution is 0.0994. The first-order valence-corrected chi connectivity index (χ1v) is 8.41. The second-order valence-electron chi connectivity index (χ2n) is 5.81. The Balaban J connectivity index is 2.04. The van der Waals surface area contributed by atoms with E-state index in [4.69, 9.17) is 4.74 Å². The lowest BCUT2D eigenvalue weighted by Crippen LogP contribution is -1.96. The number of benzene rings is 1. The molecule has 0 aliphatic heterocycles. The number of carbonyl (C=O) groups is 1. The summed E-state index contributed by atoms with van der Waals surface area (Å²) in [6.45, 7) is 2.73. The first kappa shape index (κ1) is 17.6. The standard InChI is InChI=1S/C19H20N4O3/c1-3-4-10-23-16-8-7-14(26-2)11-15(16)17(19(23)25)21-22-18(24)13-6-5-9-20-12-13/h5-9,11-12,25H,3-4,10H2,1-2H3. The molecule has 0 spiro atoms. The molecule has 0 radical (unpaired) electrons. The molecule has 0 atom stereocenters. The molecule has 0 aliphatic carbocycles. The Kier molecular flexibility index (Phi) is 5.26. The van der Waals surface area contributed by atoms with Gasteiger partial charge in [0.2, 0.25) is 5.88 Å². The molecule has 1 amide bonds. The van der Waals surface area contributed by atoms with E-state index in [1.807, 2.05) is 12.1 Å². The van der Waals surface area contributed by atoms with Crippen LogP contribution >= 0.6 is 0 Å². The van der Waals surface area contributed by atoms with Gasteiger partial charge in [0.1, 0.15) is 5.75 Å². The molecule has 2 aromatic heterocycles. The van der Waals surface area contributed by atoms with E-state index in [1.54, 1.807) is 36.1 Å². The summed E-state index contributed by atoms with van der Waals surface area (Å²) in [6.07, 6.45) is 4.91. The maximum Gasteiger partial charge on any atom is 0.296 e. The van der Waals surface area contributed by atoms with Crippen molar-refractivity contribution in [2.45, 2.75) is 26.3 Å². The van der Waals surface area contributed by atoms with E-state index in [2.05, 4.69) is 22.1 Å². The number of fused-ring (bicyclic) bond motifs is 1. The number of hydrogen-bond donors (Lipinski definition) is 1. The van der Waals surface area contributed by atoms with E-state index >= 15 is 0 Å². The van der Waals surface area contributed by atoms with E-state index in [0.717, 1.165) is 18.4 Å². The average Bonchev–Trinajstić information content (AvgIpc) is 2.95. The molecule has 3 aromatic rings. The third kappa shape index (κ3) is 3.42. The van der Waals surface area contributed by atoms with Gasteiger partial charge in [0.15, 0.2) is 5.69 Å². The number of azo groups is 1. The van der Waals surface area contributed by atoms with Crippen molar-refractivity contribution in [2.24, 2.45) is 10.2 Å². The number of amides is 1. The van der Waals surface area contributed by atoms with Gasteiger partial charge >= 0.3 is 0 Å². The first-order chi connectivity index (χ1) is 12.7. The van der Waals surface area contributed by atoms with Crippen molar-refractivity contribution in [1.82, 2.24) is 9.55 Å². The summed E-state index contributed by atoms with van der Waals surface area (Å²) >= 11 is 0. The van der Waals surface area contributed by atoms with Crippen molar-refractivity contribution in [3.05, 3.63) is 48.3 Å². The number of carbonyl (C=O) groups excluding carboxylic acids is 1. The Morgan fingerprint density at radius 2 is 2.19 bits per heavy atom. The Bertz CT molecular complexity index is 948. The van der Waals surface area contributed by atoms with Crippen LogP contribution in [-0.2, 0) is 6.54 Å². The molecule has 26 heavy (non-hydrogen) atoms. The highest BCUT2D eigenvalue weighted by molar-refractivity contribution is 5.97. The summed E-state index contributed by atoms with van der Waals surface area (Å²) in [5.74, 6) is 0.111. The summed E-state index contributed by atoms with van der Waals surface area (Å²) < 4.78 is 7.04. The van der Waals surface area contributed by atoms with Gasteiger partial charge in [-0.3, -0.25) is 9.78 Å². The second kappa shape index (κ2) is 7.77. The zero-order valence-electron chi connectivity index (χ0n) is 14.7. The molecule has 134 valence electrons. The number of ether oxygens (including phenoxy) is 1. The fraction of sp³-hybridized carbons (Fsp3) is 0.263. The van der Waals surface area contributed by atoms with Gasteiger partial charge in [-0.15, -0.1) is 10.2 Å². The summed E-state index contributed by atoms with van der Waals surface area (Å²) in [6, 6.07) is 8.74. The van der Waals surface area contributed by atoms with Crippen molar-refractivity contribution >= 4 is 22.5 Å². The molecule has 7 nitrogen and oxygen atoms in total. The fourth-order valence-electron chi connectivity index (χ4n) is 2.71. The summed E-state index contributed by atoms with van der Waals surface area (Å²) in [4.78, 5) is 16.1. The molecule has 0 unspecified atom stereocenters. The van der Waals surface area contributed by atoms with Gasteiger partial charge < -0.3 is 14.4 Å². The summed E-state index contributed by atoms with van der Waals surface area (Å²) in [5, 5.41) is 19.1. The van der Waals surface area contributed by atoms with Crippen LogP contribution in [0.4, 0.5) is 5.69 Å². The van der Waals surface area contributed by atoms with Gasteiger partial charge in [-0.05, 0) is 36.8 Å². The van der Waals surface area contributed by atoms with E-state index < -0.39 is 5.91 Å². The maximum atomic E-state index is 12.2. The highest BCUT2D eigenvalue weighted by atomic mass is 16.5. The second-order valence-corrected chi connectivity index (χ2v) is 5.81. The highest BCUT2D eigenvalue weighted by Gasteiger charge is 2.17. The number of aromatic nitrogens is 2. The first-order valence-electron chi connectivity index (χ1n) is 8.41. The van der Waals surface area contributed by atoms with Crippen molar-refractivity contribution < 1.29 is 14.6 Å². The van der Waals surface area contributed by atoms with E-state index in [0.29, 0.717) is 23.2 Å². The molecule has 0 aliphatic rings. The molecular formula is C19H20N4O3. The molecule has 0 fully saturated rings. The van der Waals surface area contributed by atoms with Crippen LogP contribution in [0.2, 0.25) is 0 Å². The normalized spacial score (nSPS) is 11.3. The van der Waals surface area contributed by atoms with Crippen LogP contribution in [-0.4, -0.2) is 27.7 Å². The molecule has 0 saturated carbocycles. The number of aryl methyl sites for hydroxylation is 1. The van der Waals surface area contributed by atoms with Crippen molar-refractivity contribution in [2.75, 3.05) is 7.11 Å². The van der Waals surface area contributed by atoms with Crippen LogP contribution in [0, 0.1) is 0 Å². The Morgan fingerprint density at radius 3 is 2.88 bits per heavy atom. The van der Waals surface area contributed by atoms with Crippen LogP contribution < -0.4 is 4.74 Å². The number of aromatic hydroxyl groups is 1. The van der Waals surface area contributed by atoms with Crippen LogP contribution in [0.25, 0.3) is 10.9 Å². The van der Waals surface area contributed by atoms with Crippen molar-refractivity contribution in [1.29, 1.82) is 0 Å². The molecule has 0 bridgehead atoms. The van der Waals surface area contributed by atoms with Crippen LogP contribution in [0.5, 0.6) is 11.6 Å². The highest BCUT2D eigenvalue weighted by Crippen LogP contribution is 2.40. The van der Waals surface area contributed by atoms with Gasteiger partial charge in [-0.25, -0.2) is 0 Å². The predicted octanol–water partition coefficient (Wildman–Crippen LogP) is 4.47. The largest absolute Gasteiger partial charge is 0.497 e. The average molecular weight is 352 g/mol. The maximum absolute atomic E-state index is 12.2. The van der Waals surface area contributed by atoms with Crippen LogP contribution in [0.1, 0.15) is 30.1 Å². The zero-order chi connectivity index (χ0) is 18.5. The lowest BCUT2D eigenvalue weighted by atomic mass is 10.2. The monoisotopic (exact) mass is 352 g/mol. The molecule has 2 heterocycles. The van der Waals surface area contributed by atoms with Gasteiger partial charge in [-0.2, -0.15) is 0 Å². The quantitative estimate of drug-likeness (QED) is 0.663. The Morgan fingerprint density at radius 1 is 1.35 bits per heavy atom. The van der Waals surface area contributed by atoms with Crippen molar-refractivity contribution in [3.63, 3.8) is 0 Å². The lowest BCUT2D eigenvalue weighted by Gasteiger charge is -2.05. The Labute approximate surface area is 151 Å². The van der Waals surface area contributed by atoms with E-state index in [-0.39, 0.29) is 11.6 Å². The number of rotatable bonds is 6. The number of hydrogen-bond acceptors (Lipinski definition) is 5. The molecule has 7 heteroatoms. The SMILES string of the molecule is CCCCn1c(O)c(N=NC(=O)c2cccnc2)c2cc(OC)ccc21. The van der Waals surface area contributed by atoms with Gasteiger partial charge in [0.05, 0.1) is 18.2 Å². The van der Waals surface area contributed by atoms with Gasteiger partial charge in [0.25, 0.3) is 5.91 Å². The van der Waals surface area contributed by atoms with E-state index in [9.17, 15) is 9.90 Å². The Hall–Kier alpha value is -3.22. The number of nitrogens with zero attached hydrogens (tertiary/aromatic N) is 4. The van der Waals surface area contributed by atoms with E-state index in [1.165, 1.54) is 6.20 Å². The minimum atomic E-state index is -0.519. The molecule has 1 aromatic carbocycles. The van der Waals surface area contributed by atoms with Gasteiger partial charge in [-0.1, -0.05) is 13.3 Å². The number of methoxy groups -OCH3 is 1. The van der Waals surface area contributed by atoms with Crippen molar-refractivity contribution in [3.8, 4) is 11.6 Å². The van der Waals surface area contributed by atoms with Crippen LogP contribution in [0.15, 0.2) is 53.0 Å². The zero-order valence-corrected chi connectivity index (χ0v) is 14.7. The number of pyridine rings is 1.